The lowest BCUT2D eigenvalue weighted by Crippen LogP contribution is -2.50. The van der Waals surface area contributed by atoms with E-state index in [9.17, 15) is 4.79 Å². The summed E-state index contributed by atoms with van der Waals surface area (Å²) in [6.45, 7) is 2.18. The number of fused-ring (bicyclic) bond motifs is 3. The first kappa shape index (κ1) is 16.5. The van der Waals surface area contributed by atoms with Gasteiger partial charge < -0.3 is 16.5 Å². The van der Waals surface area contributed by atoms with Crippen LogP contribution in [0, 0.1) is 5.92 Å². The van der Waals surface area contributed by atoms with Crippen molar-refractivity contribution in [3.63, 3.8) is 0 Å². The number of H-pyrrole nitrogens is 1. The molecule has 130 valence electrons. The van der Waals surface area contributed by atoms with Crippen LogP contribution >= 0.6 is 11.3 Å². The Morgan fingerprint density at radius 2 is 2.20 bits per heavy atom. The molecular formula is C20H23N3OS. The van der Waals surface area contributed by atoms with Gasteiger partial charge in [0.05, 0.1) is 5.69 Å². The highest BCUT2D eigenvalue weighted by molar-refractivity contribution is 7.10. The minimum absolute atomic E-state index is 0.147. The average molecular weight is 353 g/mol. The van der Waals surface area contributed by atoms with E-state index in [1.165, 1.54) is 5.56 Å². The zero-order valence-electron chi connectivity index (χ0n) is 14.3. The molecule has 5 N–H and O–H groups in total. The van der Waals surface area contributed by atoms with Gasteiger partial charge in [0.25, 0.3) is 0 Å². The fourth-order valence-electron chi connectivity index (χ4n) is 3.93. The van der Waals surface area contributed by atoms with Gasteiger partial charge in [-0.1, -0.05) is 19.4 Å². The molecule has 0 aliphatic heterocycles. The second kappa shape index (κ2) is 6.09. The number of hydrogen-bond donors (Lipinski definition) is 3. The van der Waals surface area contributed by atoms with Crippen molar-refractivity contribution in [3.8, 4) is 0 Å². The van der Waals surface area contributed by atoms with Crippen LogP contribution in [0.4, 0.5) is 0 Å². The smallest absolute Gasteiger partial charge is 0.168 e. The maximum atomic E-state index is 12.6. The van der Waals surface area contributed by atoms with Crippen molar-refractivity contribution in [3.05, 3.63) is 57.4 Å². The van der Waals surface area contributed by atoms with E-state index >= 15 is 0 Å². The molecule has 2 aromatic heterocycles. The number of nitrogens with one attached hydrogen (secondary N) is 1. The van der Waals surface area contributed by atoms with Crippen molar-refractivity contribution in [2.45, 2.75) is 38.3 Å². The molecule has 3 aromatic rings. The normalized spacial score (nSPS) is 19.1. The zero-order valence-corrected chi connectivity index (χ0v) is 15.2. The zero-order chi connectivity index (χ0) is 17.6. The number of hydrogen-bond acceptors (Lipinski definition) is 4. The summed E-state index contributed by atoms with van der Waals surface area (Å²) in [5, 5.41) is 3.09. The number of aromatic nitrogens is 1. The first-order valence-corrected chi connectivity index (χ1v) is 9.64. The Morgan fingerprint density at radius 3 is 2.92 bits per heavy atom. The summed E-state index contributed by atoms with van der Waals surface area (Å²) < 4.78 is 0. The van der Waals surface area contributed by atoms with Crippen molar-refractivity contribution in [2.24, 2.45) is 17.4 Å². The van der Waals surface area contributed by atoms with Crippen molar-refractivity contribution >= 4 is 28.0 Å². The standard InChI is InChI=1S/C20H23N3OS/c1-2-12-8-16-15-9-13(18(24)10-14-4-3-7-25-14)5-6-17(15)23-19(16)20(21,22)11-12/h3-7,9,12,23H,2,8,10-11,21-22H2,1H3. The maximum Gasteiger partial charge on any atom is 0.168 e. The van der Waals surface area contributed by atoms with E-state index in [0.29, 0.717) is 12.3 Å². The van der Waals surface area contributed by atoms with Gasteiger partial charge in [0.1, 0.15) is 5.66 Å². The van der Waals surface area contributed by atoms with Crippen LogP contribution in [-0.2, 0) is 18.5 Å². The van der Waals surface area contributed by atoms with Crippen molar-refractivity contribution in [1.29, 1.82) is 0 Å². The number of Topliss-reactive ketones (excluding diaryl/α,β-unsaturated/α-hetero) is 1. The van der Waals surface area contributed by atoms with Gasteiger partial charge in [0.15, 0.2) is 5.78 Å². The summed E-state index contributed by atoms with van der Waals surface area (Å²) in [6, 6.07) is 9.86. The molecule has 25 heavy (non-hydrogen) atoms. The van der Waals surface area contributed by atoms with Crippen LogP contribution in [0.1, 0.15) is 46.3 Å². The Balaban J connectivity index is 1.75. The molecule has 0 saturated carbocycles. The Hall–Kier alpha value is -1.95. The van der Waals surface area contributed by atoms with E-state index < -0.39 is 5.66 Å². The molecular weight excluding hydrogens is 330 g/mol. The van der Waals surface area contributed by atoms with Gasteiger partial charge in [-0.25, -0.2) is 0 Å². The van der Waals surface area contributed by atoms with E-state index in [4.69, 9.17) is 11.5 Å². The number of thiophene rings is 1. The molecule has 1 aliphatic rings. The molecule has 1 aliphatic carbocycles. The van der Waals surface area contributed by atoms with Crippen LogP contribution in [0.3, 0.4) is 0 Å². The summed E-state index contributed by atoms with van der Waals surface area (Å²) in [5.41, 5.74) is 15.8. The van der Waals surface area contributed by atoms with Gasteiger partial charge in [-0.05, 0) is 54.0 Å². The summed E-state index contributed by atoms with van der Waals surface area (Å²) >= 11 is 1.62. The Labute approximate surface area is 151 Å². The van der Waals surface area contributed by atoms with E-state index in [2.05, 4.69) is 11.9 Å². The van der Waals surface area contributed by atoms with E-state index in [1.807, 2.05) is 35.7 Å². The third-order valence-electron chi connectivity index (χ3n) is 5.31. The summed E-state index contributed by atoms with van der Waals surface area (Å²) in [7, 11) is 0. The molecule has 1 aromatic carbocycles. The second-order valence-electron chi connectivity index (χ2n) is 7.14. The van der Waals surface area contributed by atoms with Gasteiger partial charge in [-0.15, -0.1) is 11.3 Å². The molecule has 2 heterocycles. The largest absolute Gasteiger partial charge is 0.356 e. The molecule has 5 heteroatoms. The van der Waals surface area contributed by atoms with Crippen molar-refractivity contribution < 1.29 is 4.79 Å². The van der Waals surface area contributed by atoms with Crippen LogP contribution < -0.4 is 11.5 Å². The fourth-order valence-corrected chi connectivity index (χ4v) is 4.64. The summed E-state index contributed by atoms with van der Waals surface area (Å²) in [4.78, 5) is 17.1. The van der Waals surface area contributed by atoms with Gasteiger partial charge >= 0.3 is 0 Å². The minimum atomic E-state index is -0.825. The molecule has 0 radical (unpaired) electrons. The number of ketones is 1. The van der Waals surface area contributed by atoms with Crippen LogP contribution in [-0.4, -0.2) is 10.8 Å². The molecule has 1 unspecified atom stereocenters. The SMILES string of the molecule is CCC1Cc2c([nH]c3ccc(C(=O)Cc4cccs4)cc23)C(N)(N)C1. The predicted octanol–water partition coefficient (Wildman–Crippen LogP) is 3.70. The third-order valence-corrected chi connectivity index (χ3v) is 6.18. The second-order valence-corrected chi connectivity index (χ2v) is 8.17. The number of aromatic amines is 1. The van der Waals surface area contributed by atoms with E-state index in [-0.39, 0.29) is 5.78 Å². The number of rotatable bonds is 4. The minimum Gasteiger partial charge on any atom is -0.356 e. The van der Waals surface area contributed by atoms with Gasteiger partial charge in [0, 0.05) is 27.8 Å². The highest BCUT2D eigenvalue weighted by Gasteiger charge is 2.36. The maximum absolute atomic E-state index is 12.6. The Morgan fingerprint density at radius 1 is 1.36 bits per heavy atom. The van der Waals surface area contributed by atoms with Gasteiger partial charge in [-0.3, -0.25) is 4.79 Å². The lowest BCUT2D eigenvalue weighted by atomic mass is 9.79. The third kappa shape index (κ3) is 2.92. The van der Waals surface area contributed by atoms with Crippen molar-refractivity contribution in [1.82, 2.24) is 4.98 Å². The fraction of sp³-hybridized carbons (Fsp3) is 0.350. The summed E-state index contributed by atoms with van der Waals surface area (Å²) in [5.74, 6) is 0.626. The van der Waals surface area contributed by atoms with Gasteiger partial charge in [0.2, 0.25) is 0 Å². The number of nitrogens with two attached hydrogens (primary N) is 2. The molecule has 0 saturated heterocycles. The number of carbonyl (C=O) groups excluding carboxylic acids is 1. The first-order valence-electron chi connectivity index (χ1n) is 8.76. The van der Waals surface area contributed by atoms with Crippen LogP contribution in [0.2, 0.25) is 0 Å². The first-order chi connectivity index (χ1) is 12.0. The average Bonchev–Trinajstić information content (AvgIpc) is 3.21. The lowest BCUT2D eigenvalue weighted by Gasteiger charge is -2.34. The predicted molar refractivity (Wildman–Crippen MR) is 103 cm³/mol. The molecule has 0 spiro atoms. The Bertz CT molecular complexity index is 924. The quantitative estimate of drug-likeness (QED) is 0.494. The molecule has 1 atom stereocenters. The lowest BCUT2D eigenvalue weighted by molar-refractivity contribution is 0.0994. The van der Waals surface area contributed by atoms with E-state index in [1.54, 1.807) is 11.3 Å². The highest BCUT2D eigenvalue weighted by atomic mass is 32.1. The van der Waals surface area contributed by atoms with Gasteiger partial charge in [-0.2, -0.15) is 0 Å². The van der Waals surface area contributed by atoms with Crippen LogP contribution in [0.15, 0.2) is 35.7 Å². The monoisotopic (exact) mass is 353 g/mol. The highest BCUT2D eigenvalue weighted by Crippen LogP contribution is 2.38. The molecule has 0 fully saturated rings. The number of benzene rings is 1. The van der Waals surface area contributed by atoms with Crippen LogP contribution in [0.25, 0.3) is 10.9 Å². The molecule has 4 rings (SSSR count). The van der Waals surface area contributed by atoms with E-state index in [0.717, 1.165) is 46.3 Å². The molecule has 0 amide bonds. The summed E-state index contributed by atoms with van der Waals surface area (Å²) in [6.07, 6.45) is 3.25. The number of carbonyl (C=O) groups is 1. The molecule has 0 bridgehead atoms. The van der Waals surface area contributed by atoms with Crippen molar-refractivity contribution in [2.75, 3.05) is 0 Å². The molecule has 4 nitrogen and oxygen atoms in total. The van der Waals surface area contributed by atoms with Crippen LogP contribution in [0.5, 0.6) is 0 Å². The topological polar surface area (TPSA) is 84.9 Å². The Kier molecular flexibility index (Phi) is 4.02.